The largest absolute Gasteiger partial charge is 0.398 e. The standard InChI is InChI=1S/C18H18N4O/c1-12-14(6-5-7-15(12)19)13-10-16(18(23)22(2)11-13)21-17-8-3-4-9-20-17/h3-11H,19H2,1-2H3,(H,20,21). The fourth-order valence-corrected chi connectivity index (χ4v) is 2.49. The summed E-state index contributed by atoms with van der Waals surface area (Å²) in [5.74, 6) is 0.631. The highest BCUT2D eigenvalue weighted by Crippen LogP contribution is 2.28. The SMILES string of the molecule is Cc1c(N)cccc1-c1cc(Nc2ccccn2)c(=O)n(C)c1. The molecule has 0 saturated carbocycles. The molecule has 0 aliphatic carbocycles. The molecule has 0 aliphatic heterocycles. The van der Waals surface area contributed by atoms with Crippen molar-refractivity contribution >= 4 is 17.2 Å². The van der Waals surface area contributed by atoms with Gasteiger partial charge in [0.1, 0.15) is 11.5 Å². The van der Waals surface area contributed by atoms with Gasteiger partial charge in [0.2, 0.25) is 0 Å². The summed E-state index contributed by atoms with van der Waals surface area (Å²) in [5.41, 5.74) is 10.0. The minimum Gasteiger partial charge on any atom is -0.398 e. The molecule has 0 bridgehead atoms. The number of aromatic nitrogens is 2. The Morgan fingerprint density at radius 1 is 1.17 bits per heavy atom. The molecule has 1 aromatic carbocycles. The Morgan fingerprint density at radius 2 is 2.00 bits per heavy atom. The molecule has 3 rings (SSSR count). The number of benzene rings is 1. The molecule has 3 aromatic rings. The molecule has 23 heavy (non-hydrogen) atoms. The number of aryl methyl sites for hydroxylation is 1. The van der Waals surface area contributed by atoms with Gasteiger partial charge in [-0.2, -0.15) is 0 Å². The monoisotopic (exact) mass is 306 g/mol. The molecule has 0 fully saturated rings. The van der Waals surface area contributed by atoms with Crippen molar-refractivity contribution in [2.75, 3.05) is 11.1 Å². The number of hydrogen-bond acceptors (Lipinski definition) is 4. The van der Waals surface area contributed by atoms with Gasteiger partial charge in [0.15, 0.2) is 0 Å². The number of rotatable bonds is 3. The number of pyridine rings is 2. The van der Waals surface area contributed by atoms with E-state index < -0.39 is 0 Å². The van der Waals surface area contributed by atoms with Crippen molar-refractivity contribution in [3.63, 3.8) is 0 Å². The lowest BCUT2D eigenvalue weighted by molar-refractivity contribution is 0.864. The van der Waals surface area contributed by atoms with Crippen LogP contribution in [0.1, 0.15) is 5.56 Å². The van der Waals surface area contributed by atoms with E-state index in [9.17, 15) is 4.79 Å². The summed E-state index contributed by atoms with van der Waals surface area (Å²) in [6.45, 7) is 1.97. The highest BCUT2D eigenvalue weighted by atomic mass is 16.1. The molecule has 0 amide bonds. The molecule has 0 saturated heterocycles. The molecule has 116 valence electrons. The molecule has 5 nitrogen and oxygen atoms in total. The summed E-state index contributed by atoms with van der Waals surface area (Å²) < 4.78 is 1.56. The van der Waals surface area contributed by atoms with Crippen molar-refractivity contribution in [2.24, 2.45) is 7.05 Å². The predicted molar refractivity (Wildman–Crippen MR) is 93.8 cm³/mol. The molecule has 2 heterocycles. The van der Waals surface area contributed by atoms with Crippen LogP contribution in [0.2, 0.25) is 0 Å². The number of anilines is 3. The third-order valence-corrected chi connectivity index (χ3v) is 3.80. The Labute approximate surface area is 134 Å². The van der Waals surface area contributed by atoms with Crippen LogP contribution in [0.4, 0.5) is 17.2 Å². The maximum absolute atomic E-state index is 12.4. The van der Waals surface area contributed by atoms with Crippen LogP contribution in [0.5, 0.6) is 0 Å². The topological polar surface area (TPSA) is 72.9 Å². The molecule has 5 heteroatoms. The summed E-state index contributed by atoms with van der Waals surface area (Å²) in [6, 6.07) is 13.1. The van der Waals surface area contributed by atoms with Gasteiger partial charge in [-0.05, 0) is 42.3 Å². The van der Waals surface area contributed by atoms with Gasteiger partial charge in [-0.1, -0.05) is 18.2 Å². The van der Waals surface area contributed by atoms with E-state index in [0.717, 1.165) is 22.4 Å². The number of nitrogens with zero attached hydrogens (tertiary/aromatic N) is 2. The van der Waals surface area contributed by atoms with Crippen molar-refractivity contribution in [3.8, 4) is 11.1 Å². The molecule has 0 unspecified atom stereocenters. The number of nitrogens with two attached hydrogens (primary N) is 1. The average molecular weight is 306 g/mol. The van der Waals surface area contributed by atoms with Crippen molar-refractivity contribution in [1.29, 1.82) is 0 Å². The Bertz CT molecular complexity index is 901. The average Bonchev–Trinajstić information content (AvgIpc) is 2.55. The summed E-state index contributed by atoms with van der Waals surface area (Å²) in [4.78, 5) is 16.6. The van der Waals surface area contributed by atoms with Crippen LogP contribution in [0.25, 0.3) is 11.1 Å². The molecule has 0 radical (unpaired) electrons. The molecular weight excluding hydrogens is 288 g/mol. The van der Waals surface area contributed by atoms with Gasteiger partial charge in [-0.25, -0.2) is 4.98 Å². The van der Waals surface area contributed by atoms with E-state index in [4.69, 9.17) is 5.73 Å². The van der Waals surface area contributed by atoms with Gasteiger partial charge in [-0.15, -0.1) is 0 Å². The zero-order valence-corrected chi connectivity index (χ0v) is 13.1. The Balaban J connectivity index is 2.10. The van der Waals surface area contributed by atoms with E-state index in [1.54, 1.807) is 17.8 Å². The van der Waals surface area contributed by atoms with Crippen molar-refractivity contribution in [2.45, 2.75) is 6.92 Å². The van der Waals surface area contributed by atoms with E-state index in [2.05, 4.69) is 10.3 Å². The lowest BCUT2D eigenvalue weighted by Gasteiger charge is -2.13. The summed E-state index contributed by atoms with van der Waals surface area (Å²) >= 11 is 0. The Morgan fingerprint density at radius 3 is 2.74 bits per heavy atom. The van der Waals surface area contributed by atoms with Crippen molar-refractivity contribution in [3.05, 3.63) is 70.8 Å². The molecule has 0 atom stereocenters. The van der Waals surface area contributed by atoms with E-state index in [0.29, 0.717) is 11.5 Å². The molecule has 0 aliphatic rings. The van der Waals surface area contributed by atoms with Crippen LogP contribution in [0, 0.1) is 6.92 Å². The van der Waals surface area contributed by atoms with E-state index in [1.807, 2.05) is 55.6 Å². The first-order valence-electron chi connectivity index (χ1n) is 7.30. The lowest BCUT2D eigenvalue weighted by Crippen LogP contribution is -2.19. The maximum Gasteiger partial charge on any atom is 0.274 e. The van der Waals surface area contributed by atoms with Gasteiger partial charge < -0.3 is 15.6 Å². The van der Waals surface area contributed by atoms with Crippen molar-refractivity contribution in [1.82, 2.24) is 9.55 Å². The zero-order valence-electron chi connectivity index (χ0n) is 13.1. The van der Waals surface area contributed by atoms with Crippen LogP contribution in [0.15, 0.2) is 59.7 Å². The van der Waals surface area contributed by atoms with Crippen LogP contribution < -0.4 is 16.6 Å². The van der Waals surface area contributed by atoms with Gasteiger partial charge >= 0.3 is 0 Å². The molecule has 3 N–H and O–H groups in total. The second-order valence-corrected chi connectivity index (χ2v) is 5.42. The first kappa shape index (κ1) is 14.8. The quantitative estimate of drug-likeness (QED) is 0.729. The Kier molecular flexibility index (Phi) is 3.85. The highest BCUT2D eigenvalue weighted by Gasteiger charge is 2.10. The second kappa shape index (κ2) is 5.96. The summed E-state index contributed by atoms with van der Waals surface area (Å²) in [5, 5.41) is 3.08. The highest BCUT2D eigenvalue weighted by molar-refractivity contribution is 5.75. The maximum atomic E-state index is 12.4. The third-order valence-electron chi connectivity index (χ3n) is 3.80. The van der Waals surface area contributed by atoms with Crippen molar-refractivity contribution < 1.29 is 0 Å². The fraction of sp³-hybridized carbons (Fsp3) is 0.111. The second-order valence-electron chi connectivity index (χ2n) is 5.42. The predicted octanol–water partition coefficient (Wildman–Crippen LogP) is 3.08. The van der Waals surface area contributed by atoms with Gasteiger partial charge in [0.25, 0.3) is 5.56 Å². The molecular formula is C18H18N4O. The minimum absolute atomic E-state index is 0.110. The van der Waals surface area contributed by atoms with E-state index in [-0.39, 0.29) is 5.56 Å². The Hall–Kier alpha value is -3.08. The number of nitrogen functional groups attached to an aromatic ring is 1. The fourth-order valence-electron chi connectivity index (χ4n) is 2.49. The summed E-state index contributed by atoms with van der Waals surface area (Å²) in [6.07, 6.45) is 3.49. The third kappa shape index (κ3) is 2.94. The molecule has 0 spiro atoms. The van der Waals surface area contributed by atoms with Gasteiger partial charge in [-0.3, -0.25) is 4.79 Å². The van der Waals surface area contributed by atoms with Crippen LogP contribution >= 0.6 is 0 Å². The van der Waals surface area contributed by atoms with E-state index >= 15 is 0 Å². The van der Waals surface area contributed by atoms with Gasteiger partial charge in [0, 0.05) is 30.7 Å². The first-order chi connectivity index (χ1) is 11.1. The lowest BCUT2D eigenvalue weighted by atomic mass is 10.0. The van der Waals surface area contributed by atoms with Crippen LogP contribution in [0.3, 0.4) is 0 Å². The van der Waals surface area contributed by atoms with Gasteiger partial charge in [0.05, 0.1) is 0 Å². The smallest absolute Gasteiger partial charge is 0.274 e. The van der Waals surface area contributed by atoms with Crippen LogP contribution in [-0.2, 0) is 7.05 Å². The number of hydrogen-bond donors (Lipinski definition) is 2. The zero-order chi connectivity index (χ0) is 16.4. The van der Waals surface area contributed by atoms with E-state index in [1.165, 1.54) is 0 Å². The molecule has 2 aromatic heterocycles. The number of nitrogens with one attached hydrogen (secondary N) is 1. The van der Waals surface area contributed by atoms with Crippen LogP contribution in [-0.4, -0.2) is 9.55 Å². The normalized spacial score (nSPS) is 10.5. The first-order valence-corrected chi connectivity index (χ1v) is 7.30. The summed E-state index contributed by atoms with van der Waals surface area (Å²) in [7, 11) is 1.73. The minimum atomic E-state index is -0.110.